The van der Waals surface area contributed by atoms with E-state index in [1.54, 1.807) is 12.4 Å². The van der Waals surface area contributed by atoms with Crippen LogP contribution < -0.4 is 5.73 Å². The zero-order chi connectivity index (χ0) is 8.60. The standard InChI is InChI=1S/C9H11N3/c10-8(11)9(3-4-9)7-2-1-5-12-6-7/h1-2,5-6H,3-4H2,(H3,10,11). The fourth-order valence-electron chi connectivity index (χ4n) is 1.48. The molecule has 0 bridgehead atoms. The molecule has 1 heterocycles. The molecule has 62 valence electrons. The lowest BCUT2D eigenvalue weighted by Gasteiger charge is -2.11. The maximum atomic E-state index is 7.45. The van der Waals surface area contributed by atoms with Gasteiger partial charge in [0.05, 0.1) is 5.41 Å². The van der Waals surface area contributed by atoms with Crippen molar-refractivity contribution in [3.63, 3.8) is 0 Å². The van der Waals surface area contributed by atoms with Gasteiger partial charge in [-0.3, -0.25) is 10.4 Å². The van der Waals surface area contributed by atoms with Crippen molar-refractivity contribution in [2.75, 3.05) is 0 Å². The molecule has 0 saturated heterocycles. The van der Waals surface area contributed by atoms with Gasteiger partial charge in [0.2, 0.25) is 0 Å². The normalized spacial score (nSPS) is 18.7. The van der Waals surface area contributed by atoms with Crippen LogP contribution in [0.15, 0.2) is 24.5 Å². The average molecular weight is 161 g/mol. The number of hydrogen-bond acceptors (Lipinski definition) is 2. The van der Waals surface area contributed by atoms with Crippen molar-refractivity contribution in [2.45, 2.75) is 18.3 Å². The molecule has 0 spiro atoms. The lowest BCUT2D eigenvalue weighted by molar-refractivity contribution is 0.911. The van der Waals surface area contributed by atoms with Crippen molar-refractivity contribution < 1.29 is 0 Å². The van der Waals surface area contributed by atoms with Crippen LogP contribution in [0, 0.1) is 5.41 Å². The van der Waals surface area contributed by atoms with Gasteiger partial charge in [0.1, 0.15) is 5.84 Å². The molecule has 0 radical (unpaired) electrons. The zero-order valence-electron chi connectivity index (χ0n) is 6.75. The average Bonchev–Trinajstić information content (AvgIpc) is 2.86. The summed E-state index contributed by atoms with van der Waals surface area (Å²) in [7, 11) is 0. The van der Waals surface area contributed by atoms with E-state index in [9.17, 15) is 0 Å². The Morgan fingerprint density at radius 1 is 1.58 bits per heavy atom. The summed E-state index contributed by atoms with van der Waals surface area (Å²) in [6, 6.07) is 3.87. The van der Waals surface area contributed by atoms with Crippen LogP contribution in [0.2, 0.25) is 0 Å². The number of aromatic nitrogens is 1. The SMILES string of the molecule is N=C(N)C1(c2cccnc2)CC1. The van der Waals surface area contributed by atoms with Crippen LogP contribution in [0.5, 0.6) is 0 Å². The van der Waals surface area contributed by atoms with Crippen molar-refractivity contribution in [1.29, 1.82) is 5.41 Å². The molecule has 0 unspecified atom stereocenters. The highest BCUT2D eigenvalue weighted by atomic mass is 14.8. The van der Waals surface area contributed by atoms with Crippen molar-refractivity contribution in [3.8, 4) is 0 Å². The molecular formula is C9H11N3. The molecule has 1 aliphatic carbocycles. The van der Waals surface area contributed by atoms with Crippen molar-refractivity contribution in [1.82, 2.24) is 4.98 Å². The van der Waals surface area contributed by atoms with Crippen LogP contribution in [0.4, 0.5) is 0 Å². The second-order valence-corrected chi connectivity index (χ2v) is 3.24. The van der Waals surface area contributed by atoms with Crippen molar-refractivity contribution in [3.05, 3.63) is 30.1 Å². The Kier molecular flexibility index (Phi) is 1.40. The summed E-state index contributed by atoms with van der Waals surface area (Å²) < 4.78 is 0. The number of nitrogens with two attached hydrogens (primary N) is 1. The molecule has 12 heavy (non-hydrogen) atoms. The topological polar surface area (TPSA) is 62.8 Å². The predicted octanol–water partition coefficient (Wildman–Crippen LogP) is 1.05. The van der Waals surface area contributed by atoms with Crippen molar-refractivity contribution in [2.24, 2.45) is 5.73 Å². The summed E-state index contributed by atoms with van der Waals surface area (Å²) >= 11 is 0. The van der Waals surface area contributed by atoms with Gasteiger partial charge < -0.3 is 5.73 Å². The summed E-state index contributed by atoms with van der Waals surface area (Å²) in [5.74, 6) is 0.274. The zero-order valence-corrected chi connectivity index (χ0v) is 6.75. The predicted molar refractivity (Wildman–Crippen MR) is 47.1 cm³/mol. The first kappa shape index (κ1) is 7.28. The molecule has 3 nitrogen and oxygen atoms in total. The van der Waals surface area contributed by atoms with E-state index in [4.69, 9.17) is 11.1 Å². The van der Waals surface area contributed by atoms with Gasteiger partial charge in [0.25, 0.3) is 0 Å². The Morgan fingerprint density at radius 2 is 2.33 bits per heavy atom. The van der Waals surface area contributed by atoms with Crippen LogP contribution >= 0.6 is 0 Å². The Labute approximate surface area is 71.1 Å². The highest BCUT2D eigenvalue weighted by Gasteiger charge is 2.47. The molecular weight excluding hydrogens is 150 g/mol. The molecule has 1 aromatic rings. The maximum absolute atomic E-state index is 7.45. The van der Waals surface area contributed by atoms with Crippen LogP contribution in [0.1, 0.15) is 18.4 Å². The van der Waals surface area contributed by atoms with E-state index in [1.165, 1.54) is 0 Å². The molecule has 1 saturated carbocycles. The quantitative estimate of drug-likeness (QED) is 0.503. The first-order chi connectivity index (χ1) is 5.76. The Morgan fingerprint density at radius 3 is 2.75 bits per heavy atom. The second-order valence-electron chi connectivity index (χ2n) is 3.24. The third-order valence-electron chi connectivity index (χ3n) is 2.48. The molecule has 0 aliphatic heterocycles. The lowest BCUT2D eigenvalue weighted by atomic mass is 9.97. The monoisotopic (exact) mass is 161 g/mol. The molecule has 1 aliphatic rings. The van der Waals surface area contributed by atoms with Gasteiger partial charge in [-0.25, -0.2) is 0 Å². The van der Waals surface area contributed by atoms with Crippen LogP contribution in [-0.2, 0) is 5.41 Å². The van der Waals surface area contributed by atoms with E-state index in [0.29, 0.717) is 0 Å². The van der Waals surface area contributed by atoms with Crippen LogP contribution in [0.3, 0.4) is 0 Å². The Balaban J connectivity index is 2.37. The van der Waals surface area contributed by atoms with Gasteiger partial charge in [-0.15, -0.1) is 0 Å². The molecule has 3 heteroatoms. The highest BCUT2D eigenvalue weighted by molar-refractivity contribution is 5.91. The maximum Gasteiger partial charge on any atom is 0.101 e. The number of pyridine rings is 1. The number of nitrogens with zero attached hydrogens (tertiary/aromatic N) is 1. The third kappa shape index (κ3) is 0.897. The highest BCUT2D eigenvalue weighted by Crippen LogP contribution is 2.47. The molecule has 2 rings (SSSR count). The van der Waals surface area contributed by atoms with E-state index in [-0.39, 0.29) is 11.3 Å². The second kappa shape index (κ2) is 2.30. The Bertz CT molecular complexity index is 301. The molecule has 0 atom stereocenters. The number of hydrogen-bond donors (Lipinski definition) is 2. The van der Waals surface area contributed by atoms with Gasteiger partial charge in [-0.05, 0) is 24.5 Å². The first-order valence-corrected chi connectivity index (χ1v) is 4.01. The van der Waals surface area contributed by atoms with Crippen molar-refractivity contribution >= 4 is 5.84 Å². The number of nitrogens with one attached hydrogen (secondary N) is 1. The van der Waals surface area contributed by atoms with Crippen LogP contribution in [0.25, 0.3) is 0 Å². The minimum atomic E-state index is -0.158. The molecule has 0 aromatic carbocycles. The molecule has 3 N–H and O–H groups in total. The van der Waals surface area contributed by atoms with Crippen LogP contribution in [-0.4, -0.2) is 10.8 Å². The van der Waals surface area contributed by atoms with E-state index >= 15 is 0 Å². The summed E-state index contributed by atoms with van der Waals surface area (Å²) in [6.45, 7) is 0. The van der Waals surface area contributed by atoms with E-state index < -0.39 is 0 Å². The van der Waals surface area contributed by atoms with E-state index in [2.05, 4.69) is 4.98 Å². The Hall–Kier alpha value is -1.38. The molecule has 1 aromatic heterocycles. The van der Waals surface area contributed by atoms with Gasteiger partial charge in [0, 0.05) is 12.4 Å². The third-order valence-corrected chi connectivity index (χ3v) is 2.48. The van der Waals surface area contributed by atoms with Gasteiger partial charge in [0.15, 0.2) is 0 Å². The number of rotatable bonds is 2. The minimum Gasteiger partial charge on any atom is -0.387 e. The van der Waals surface area contributed by atoms with E-state index in [0.717, 1.165) is 18.4 Å². The smallest absolute Gasteiger partial charge is 0.101 e. The minimum absolute atomic E-state index is 0.158. The van der Waals surface area contributed by atoms with Gasteiger partial charge in [-0.2, -0.15) is 0 Å². The summed E-state index contributed by atoms with van der Waals surface area (Å²) in [4.78, 5) is 4.02. The summed E-state index contributed by atoms with van der Waals surface area (Å²) in [5, 5.41) is 7.45. The molecule has 0 amide bonds. The summed E-state index contributed by atoms with van der Waals surface area (Å²) in [6.07, 6.45) is 5.52. The fraction of sp³-hybridized carbons (Fsp3) is 0.333. The fourth-order valence-corrected chi connectivity index (χ4v) is 1.48. The van der Waals surface area contributed by atoms with Gasteiger partial charge >= 0.3 is 0 Å². The molecule has 1 fully saturated rings. The van der Waals surface area contributed by atoms with Gasteiger partial charge in [-0.1, -0.05) is 6.07 Å². The largest absolute Gasteiger partial charge is 0.387 e. The lowest BCUT2D eigenvalue weighted by Crippen LogP contribution is -2.27. The summed E-state index contributed by atoms with van der Waals surface area (Å²) in [5.41, 5.74) is 6.44. The first-order valence-electron chi connectivity index (χ1n) is 4.01. The number of amidine groups is 1. The van der Waals surface area contributed by atoms with E-state index in [1.807, 2.05) is 12.1 Å².